The van der Waals surface area contributed by atoms with Gasteiger partial charge >= 0.3 is 12.4 Å². The van der Waals surface area contributed by atoms with Crippen molar-refractivity contribution < 1.29 is 35.9 Å². The third-order valence-corrected chi connectivity index (χ3v) is 2.27. The highest BCUT2D eigenvalue weighted by Crippen LogP contribution is 2.37. The van der Waals surface area contributed by atoms with Gasteiger partial charge in [-0.3, -0.25) is 4.79 Å². The van der Waals surface area contributed by atoms with Crippen LogP contribution in [0.3, 0.4) is 0 Å². The monoisotopic (exact) mass is 306 g/mol. The summed E-state index contributed by atoms with van der Waals surface area (Å²) in [6.07, 6.45) is -14.9. The van der Waals surface area contributed by atoms with E-state index < -0.39 is 24.2 Å². The van der Waals surface area contributed by atoms with Crippen molar-refractivity contribution in [3.8, 4) is 5.75 Å². The zero-order valence-corrected chi connectivity index (χ0v) is 9.60. The molecule has 0 amide bonds. The maximum Gasteiger partial charge on any atom is 0.434 e. The summed E-state index contributed by atoms with van der Waals surface area (Å²) in [4.78, 5) is 10.4. The van der Waals surface area contributed by atoms with Crippen molar-refractivity contribution in [3.05, 3.63) is 28.8 Å². The quantitative estimate of drug-likeness (QED) is 0.622. The van der Waals surface area contributed by atoms with Crippen LogP contribution in [0.4, 0.5) is 26.3 Å². The molecule has 9 heteroatoms. The molecule has 1 aromatic carbocycles. The van der Waals surface area contributed by atoms with Crippen molar-refractivity contribution in [1.29, 1.82) is 0 Å². The van der Waals surface area contributed by atoms with E-state index in [1.165, 1.54) is 0 Å². The predicted molar refractivity (Wildman–Crippen MR) is 53.4 cm³/mol. The molecule has 0 spiro atoms. The number of rotatable bonds is 3. The molecule has 0 atom stereocenters. The number of carbonyl (C=O) groups is 1. The summed E-state index contributed by atoms with van der Waals surface area (Å²) in [6, 6.07) is 2.45. The smallest absolute Gasteiger partial charge is 0.434 e. The Hall–Kier alpha value is -1.44. The first-order valence-corrected chi connectivity index (χ1v) is 4.98. The topological polar surface area (TPSA) is 26.3 Å². The highest BCUT2D eigenvalue weighted by atomic mass is 35.5. The van der Waals surface area contributed by atoms with Crippen molar-refractivity contribution >= 4 is 17.9 Å². The maximum absolute atomic E-state index is 12.2. The third-order valence-electron chi connectivity index (χ3n) is 1.95. The van der Waals surface area contributed by atoms with Crippen LogP contribution in [0, 0.1) is 0 Å². The Morgan fingerprint density at radius 2 is 1.63 bits per heavy atom. The Balaban J connectivity index is 3.04. The van der Waals surface area contributed by atoms with Gasteiger partial charge in [0, 0.05) is 5.56 Å². The summed E-state index contributed by atoms with van der Waals surface area (Å²) in [5, 5.41) is -0.310. The summed E-state index contributed by atoms with van der Waals surface area (Å²) in [5.74, 6) is -0.741. The van der Waals surface area contributed by atoms with Crippen molar-refractivity contribution in [3.63, 3.8) is 0 Å². The van der Waals surface area contributed by atoms with E-state index >= 15 is 0 Å². The van der Waals surface area contributed by atoms with Crippen LogP contribution < -0.4 is 4.74 Å². The van der Waals surface area contributed by atoms with E-state index in [-0.39, 0.29) is 10.6 Å². The SMILES string of the molecule is O=Cc1ccc(OC(C(F)(F)F)C(F)(F)F)cc1Cl. The lowest BCUT2D eigenvalue weighted by Crippen LogP contribution is -2.46. The molecule has 1 rings (SSSR count). The lowest BCUT2D eigenvalue weighted by molar-refractivity contribution is -0.299. The van der Waals surface area contributed by atoms with Crippen LogP contribution >= 0.6 is 11.6 Å². The summed E-state index contributed by atoms with van der Waals surface area (Å²) in [5.41, 5.74) is -0.0791. The van der Waals surface area contributed by atoms with Gasteiger partial charge in [0.2, 0.25) is 0 Å². The summed E-state index contributed by atoms with van der Waals surface area (Å²) < 4.78 is 77.2. The van der Waals surface area contributed by atoms with E-state index in [4.69, 9.17) is 11.6 Å². The molecule has 0 saturated carbocycles. The van der Waals surface area contributed by atoms with Gasteiger partial charge in [-0.1, -0.05) is 11.6 Å². The first-order valence-electron chi connectivity index (χ1n) is 4.60. The number of carbonyl (C=O) groups excluding carboxylic acids is 1. The second-order valence-electron chi connectivity index (χ2n) is 3.38. The number of hydrogen-bond acceptors (Lipinski definition) is 2. The van der Waals surface area contributed by atoms with E-state index in [9.17, 15) is 31.1 Å². The van der Waals surface area contributed by atoms with Crippen LogP contribution in [0.1, 0.15) is 10.4 Å². The van der Waals surface area contributed by atoms with Crippen LogP contribution in [0.5, 0.6) is 5.75 Å². The average Bonchev–Trinajstić information content (AvgIpc) is 2.23. The molecule has 2 nitrogen and oxygen atoms in total. The highest BCUT2D eigenvalue weighted by Gasteiger charge is 2.59. The minimum absolute atomic E-state index is 0.0791. The van der Waals surface area contributed by atoms with Gasteiger partial charge < -0.3 is 4.74 Å². The molecule has 106 valence electrons. The van der Waals surface area contributed by atoms with Crippen LogP contribution in [0.25, 0.3) is 0 Å². The Labute approximate surface area is 107 Å². The Morgan fingerprint density at radius 3 is 2.00 bits per heavy atom. The average molecular weight is 307 g/mol. The molecular weight excluding hydrogens is 302 g/mol. The van der Waals surface area contributed by atoms with Gasteiger partial charge in [-0.25, -0.2) is 0 Å². The van der Waals surface area contributed by atoms with Crippen LogP contribution in [0.15, 0.2) is 18.2 Å². The predicted octanol–water partition coefficient (Wildman–Crippen LogP) is 4.02. The molecule has 0 aliphatic rings. The van der Waals surface area contributed by atoms with Crippen molar-refractivity contribution in [2.75, 3.05) is 0 Å². The second kappa shape index (κ2) is 5.28. The molecule has 0 heterocycles. The minimum atomic E-state index is -5.62. The zero-order valence-electron chi connectivity index (χ0n) is 8.85. The van der Waals surface area contributed by atoms with Gasteiger partial charge in [-0.15, -0.1) is 0 Å². The lowest BCUT2D eigenvalue weighted by atomic mass is 10.2. The first kappa shape index (κ1) is 15.6. The molecule has 0 aliphatic heterocycles. The molecule has 0 aliphatic carbocycles. The number of hydrogen-bond donors (Lipinski definition) is 0. The van der Waals surface area contributed by atoms with Crippen molar-refractivity contribution in [2.45, 2.75) is 18.5 Å². The maximum atomic E-state index is 12.2. The number of ether oxygens (including phenoxy) is 1. The van der Waals surface area contributed by atoms with E-state index in [1.54, 1.807) is 0 Å². The third kappa shape index (κ3) is 4.02. The molecule has 0 aromatic heterocycles. The summed E-state index contributed by atoms with van der Waals surface area (Å²) in [7, 11) is 0. The summed E-state index contributed by atoms with van der Waals surface area (Å²) in [6.45, 7) is 0. The van der Waals surface area contributed by atoms with Gasteiger partial charge in [0.15, 0.2) is 6.29 Å². The van der Waals surface area contributed by atoms with Gasteiger partial charge in [0.1, 0.15) is 5.75 Å². The van der Waals surface area contributed by atoms with Crippen LogP contribution in [-0.2, 0) is 0 Å². The minimum Gasteiger partial charge on any atom is -0.471 e. The number of benzene rings is 1. The van der Waals surface area contributed by atoms with E-state index in [0.717, 1.165) is 12.1 Å². The van der Waals surface area contributed by atoms with Crippen LogP contribution in [0.2, 0.25) is 5.02 Å². The molecule has 0 unspecified atom stereocenters. The Kier molecular flexibility index (Phi) is 4.34. The van der Waals surface area contributed by atoms with Gasteiger partial charge in [0.25, 0.3) is 6.10 Å². The number of alkyl halides is 6. The van der Waals surface area contributed by atoms with E-state index in [1.807, 2.05) is 0 Å². The Morgan fingerprint density at radius 1 is 1.11 bits per heavy atom. The zero-order chi connectivity index (χ0) is 14.8. The van der Waals surface area contributed by atoms with Gasteiger partial charge in [-0.2, -0.15) is 26.3 Å². The van der Waals surface area contributed by atoms with Crippen molar-refractivity contribution in [2.24, 2.45) is 0 Å². The fourth-order valence-corrected chi connectivity index (χ4v) is 1.35. The van der Waals surface area contributed by atoms with Crippen molar-refractivity contribution in [1.82, 2.24) is 0 Å². The van der Waals surface area contributed by atoms with E-state index in [0.29, 0.717) is 12.4 Å². The standard InChI is InChI=1S/C10H5ClF6O2/c11-7-3-6(2-1-5(7)4-18)19-8(9(12,13)14)10(15,16)17/h1-4,8H. The molecule has 0 bridgehead atoms. The highest BCUT2D eigenvalue weighted by molar-refractivity contribution is 6.33. The van der Waals surface area contributed by atoms with E-state index in [2.05, 4.69) is 4.74 Å². The molecular formula is C10H5ClF6O2. The number of halogens is 7. The molecule has 0 saturated heterocycles. The van der Waals surface area contributed by atoms with Gasteiger partial charge in [-0.05, 0) is 18.2 Å². The molecule has 0 N–H and O–H groups in total. The molecule has 1 aromatic rings. The van der Waals surface area contributed by atoms with Crippen LogP contribution in [-0.4, -0.2) is 24.7 Å². The first-order chi connectivity index (χ1) is 8.55. The van der Waals surface area contributed by atoms with Gasteiger partial charge in [0.05, 0.1) is 5.02 Å². The Bertz CT molecular complexity index is 454. The molecule has 0 radical (unpaired) electrons. The molecule has 0 fully saturated rings. The fraction of sp³-hybridized carbons (Fsp3) is 0.300. The normalized spacial score (nSPS) is 12.6. The number of aldehydes is 1. The second-order valence-corrected chi connectivity index (χ2v) is 3.79. The lowest BCUT2D eigenvalue weighted by Gasteiger charge is -2.23. The fourth-order valence-electron chi connectivity index (χ4n) is 1.13. The largest absolute Gasteiger partial charge is 0.471 e. The molecule has 19 heavy (non-hydrogen) atoms. The summed E-state index contributed by atoms with van der Waals surface area (Å²) >= 11 is 5.47.